The maximum absolute atomic E-state index is 11.8. The van der Waals surface area contributed by atoms with E-state index >= 15 is 0 Å². The van der Waals surface area contributed by atoms with Crippen LogP contribution in [0.5, 0.6) is 5.75 Å². The zero-order chi connectivity index (χ0) is 28.6. The van der Waals surface area contributed by atoms with Crippen molar-refractivity contribution in [1.82, 2.24) is 4.98 Å². The summed E-state index contributed by atoms with van der Waals surface area (Å²) in [5, 5.41) is 0. The molecule has 39 heavy (non-hydrogen) atoms. The summed E-state index contributed by atoms with van der Waals surface area (Å²) in [6.45, 7) is 13.3. The predicted octanol–water partition coefficient (Wildman–Crippen LogP) is 8.23. The molecule has 3 aromatic rings. The van der Waals surface area contributed by atoms with Gasteiger partial charge in [-0.15, -0.1) is 0 Å². The van der Waals surface area contributed by atoms with Crippen molar-refractivity contribution in [2.45, 2.75) is 84.7 Å². The van der Waals surface area contributed by atoms with Gasteiger partial charge in [0.15, 0.2) is 0 Å². The third kappa shape index (κ3) is 9.05. The van der Waals surface area contributed by atoms with Crippen LogP contribution in [0, 0.1) is 5.41 Å². The lowest BCUT2D eigenvalue weighted by atomic mass is 9.86. The fourth-order valence-electron chi connectivity index (χ4n) is 4.50. The minimum Gasteiger partial charge on any atom is -0.484 e. The first-order valence-electron chi connectivity index (χ1n) is 13.7. The molecular formula is C34H43NO4. The molecule has 208 valence electrons. The summed E-state index contributed by atoms with van der Waals surface area (Å²) in [5.41, 5.74) is 5.54. The van der Waals surface area contributed by atoms with Gasteiger partial charge in [0, 0.05) is 17.9 Å². The molecule has 0 saturated heterocycles. The largest absolute Gasteiger partial charge is 0.484 e. The Kier molecular flexibility index (Phi) is 10.1. The van der Waals surface area contributed by atoms with Crippen molar-refractivity contribution >= 4 is 12.3 Å². The second-order valence-corrected chi connectivity index (χ2v) is 12.5. The lowest BCUT2D eigenvalue weighted by molar-refractivity contribution is -0.141. The number of hydrogen-bond donors (Lipinski definition) is 0. The lowest BCUT2D eigenvalue weighted by Gasteiger charge is -2.25. The van der Waals surface area contributed by atoms with Crippen LogP contribution in [0.2, 0.25) is 0 Å². The molecule has 0 radical (unpaired) electrons. The number of aromatic nitrogens is 1. The Morgan fingerprint density at radius 3 is 2.05 bits per heavy atom. The average molecular weight is 530 g/mol. The monoisotopic (exact) mass is 529 g/mol. The van der Waals surface area contributed by atoms with Gasteiger partial charge in [-0.3, -0.25) is 9.78 Å². The summed E-state index contributed by atoms with van der Waals surface area (Å²) in [5.74, 6) is 0.197. The molecule has 0 fully saturated rings. The van der Waals surface area contributed by atoms with Gasteiger partial charge in [0.1, 0.15) is 18.1 Å². The maximum Gasteiger partial charge on any atom is 0.306 e. The highest BCUT2D eigenvalue weighted by molar-refractivity contribution is 5.71. The fraction of sp³-hybridized carbons (Fsp3) is 0.441. The Bertz CT molecular complexity index is 1200. The van der Waals surface area contributed by atoms with Gasteiger partial charge in [0.2, 0.25) is 0 Å². The Morgan fingerprint density at radius 1 is 0.897 bits per heavy atom. The van der Waals surface area contributed by atoms with Crippen LogP contribution >= 0.6 is 0 Å². The zero-order valence-corrected chi connectivity index (χ0v) is 24.5. The van der Waals surface area contributed by atoms with E-state index in [9.17, 15) is 9.59 Å². The number of carbonyl (C=O) groups is 2. The Hall–Kier alpha value is -3.47. The number of methoxy groups -OCH3 is 1. The second kappa shape index (κ2) is 13.1. The first-order valence-corrected chi connectivity index (χ1v) is 13.7. The number of nitrogens with zero attached hydrogens (tertiary/aromatic N) is 1. The van der Waals surface area contributed by atoms with Gasteiger partial charge in [-0.1, -0.05) is 90.1 Å². The van der Waals surface area contributed by atoms with Crippen LogP contribution in [0.1, 0.15) is 95.9 Å². The van der Waals surface area contributed by atoms with E-state index in [1.165, 1.54) is 12.7 Å². The van der Waals surface area contributed by atoms with E-state index in [0.717, 1.165) is 47.3 Å². The van der Waals surface area contributed by atoms with Crippen molar-refractivity contribution in [3.8, 4) is 17.0 Å². The van der Waals surface area contributed by atoms with Crippen LogP contribution in [0.15, 0.2) is 66.9 Å². The zero-order valence-electron chi connectivity index (χ0n) is 24.5. The summed E-state index contributed by atoms with van der Waals surface area (Å²) in [7, 11) is 1.37. The van der Waals surface area contributed by atoms with E-state index in [4.69, 9.17) is 9.47 Å². The predicted molar refractivity (Wildman–Crippen MR) is 157 cm³/mol. The summed E-state index contributed by atoms with van der Waals surface area (Å²) < 4.78 is 11.3. The number of pyridine rings is 1. The highest BCUT2D eigenvalue weighted by Crippen LogP contribution is 2.33. The highest BCUT2D eigenvalue weighted by Gasteiger charge is 2.21. The third-order valence-electron chi connectivity index (χ3n) is 7.02. The quantitative estimate of drug-likeness (QED) is 0.185. The van der Waals surface area contributed by atoms with Gasteiger partial charge in [-0.2, -0.15) is 0 Å². The van der Waals surface area contributed by atoms with Crippen LogP contribution in [0.25, 0.3) is 11.3 Å². The van der Waals surface area contributed by atoms with Crippen molar-refractivity contribution in [2.24, 2.45) is 5.41 Å². The molecule has 0 bridgehead atoms. The topological polar surface area (TPSA) is 65.5 Å². The first-order chi connectivity index (χ1) is 18.4. The van der Waals surface area contributed by atoms with Crippen LogP contribution in [-0.4, -0.2) is 24.3 Å². The van der Waals surface area contributed by atoms with Gasteiger partial charge in [0.25, 0.3) is 0 Å². The minimum atomic E-state index is -0.321. The third-order valence-corrected chi connectivity index (χ3v) is 7.02. The molecule has 2 atom stereocenters. The van der Waals surface area contributed by atoms with E-state index in [1.807, 2.05) is 36.4 Å². The maximum atomic E-state index is 11.8. The van der Waals surface area contributed by atoms with Gasteiger partial charge < -0.3 is 14.3 Å². The lowest BCUT2D eigenvalue weighted by Crippen LogP contribution is -2.14. The van der Waals surface area contributed by atoms with Gasteiger partial charge in [-0.05, 0) is 52.5 Å². The van der Waals surface area contributed by atoms with Crippen molar-refractivity contribution in [2.75, 3.05) is 7.11 Å². The molecule has 5 heteroatoms. The van der Waals surface area contributed by atoms with Gasteiger partial charge >= 0.3 is 5.97 Å². The van der Waals surface area contributed by atoms with Crippen molar-refractivity contribution in [1.29, 1.82) is 0 Å². The number of rotatable bonds is 11. The first kappa shape index (κ1) is 30.1. The minimum absolute atomic E-state index is 0.112. The van der Waals surface area contributed by atoms with Gasteiger partial charge in [0.05, 0.1) is 25.4 Å². The summed E-state index contributed by atoms with van der Waals surface area (Å²) in [6, 6.07) is 20.6. The Labute approximate surface area is 234 Å². The molecule has 0 aliphatic carbocycles. The normalized spacial score (nSPS) is 13.4. The van der Waals surface area contributed by atoms with Crippen LogP contribution in [0.4, 0.5) is 0 Å². The Balaban J connectivity index is 1.79. The van der Waals surface area contributed by atoms with Crippen molar-refractivity contribution in [3.05, 3.63) is 83.6 Å². The highest BCUT2D eigenvalue weighted by atomic mass is 16.5. The van der Waals surface area contributed by atoms with E-state index in [1.54, 1.807) is 6.20 Å². The molecule has 0 aliphatic rings. The molecule has 2 aromatic carbocycles. The van der Waals surface area contributed by atoms with Crippen molar-refractivity contribution in [3.63, 3.8) is 0 Å². The number of aldehydes is 1. The molecule has 2 unspecified atom stereocenters. The molecular weight excluding hydrogens is 486 g/mol. The molecule has 1 heterocycles. The smallest absolute Gasteiger partial charge is 0.306 e. The molecule has 0 spiro atoms. The second-order valence-electron chi connectivity index (χ2n) is 12.5. The number of ether oxygens (including phenoxy) is 2. The number of esters is 1. The van der Waals surface area contributed by atoms with Crippen LogP contribution in [0.3, 0.4) is 0 Å². The summed E-state index contributed by atoms with van der Waals surface area (Å²) >= 11 is 0. The molecule has 0 aliphatic heterocycles. The molecule has 3 rings (SSSR count). The number of hydrogen-bond acceptors (Lipinski definition) is 5. The van der Waals surface area contributed by atoms with Crippen LogP contribution in [-0.2, 0) is 19.7 Å². The van der Waals surface area contributed by atoms with E-state index in [-0.39, 0.29) is 41.7 Å². The average Bonchev–Trinajstić information content (AvgIpc) is 2.90. The van der Waals surface area contributed by atoms with E-state index in [2.05, 4.69) is 70.8 Å². The number of carbonyl (C=O) groups excluding carboxylic acids is 2. The van der Waals surface area contributed by atoms with Gasteiger partial charge in [-0.25, -0.2) is 0 Å². The van der Waals surface area contributed by atoms with E-state index in [0.29, 0.717) is 0 Å². The SMILES string of the molecule is COC(=O)CC(CC=O)c1ccc(C(CCC(C)(C)C)Oc2ccc(-c3ccc(C(C)(C)C)cc3)nc2)cc1. The van der Waals surface area contributed by atoms with Crippen molar-refractivity contribution < 1.29 is 19.1 Å². The number of benzene rings is 2. The summed E-state index contributed by atoms with van der Waals surface area (Å²) in [4.78, 5) is 27.7. The van der Waals surface area contributed by atoms with E-state index < -0.39 is 0 Å². The molecule has 0 saturated carbocycles. The fourth-order valence-corrected chi connectivity index (χ4v) is 4.50. The molecule has 5 nitrogen and oxygen atoms in total. The summed E-state index contributed by atoms with van der Waals surface area (Å²) in [6.07, 6.45) is 4.78. The van der Waals surface area contributed by atoms with Crippen LogP contribution < -0.4 is 4.74 Å². The molecule has 0 N–H and O–H groups in total. The molecule has 0 amide bonds. The Morgan fingerprint density at radius 2 is 1.54 bits per heavy atom. The molecule has 1 aromatic heterocycles. The standard InChI is InChI=1S/C34H43NO4/c1-33(2,3)20-18-31(26-10-8-24(9-11-26)27(19-21-36)22-32(37)38-7)39-29-16-17-30(35-23-29)25-12-14-28(15-13-25)34(4,5)6/h8-17,21,23,27,31H,18-20,22H2,1-7H3.